The fourth-order valence-corrected chi connectivity index (χ4v) is 3.68. The molecule has 0 amide bonds. The summed E-state index contributed by atoms with van der Waals surface area (Å²) in [6.45, 7) is 6.19. The van der Waals surface area contributed by atoms with Gasteiger partial charge in [0.1, 0.15) is 5.75 Å². The monoisotopic (exact) mass is 368 g/mol. The fourth-order valence-electron chi connectivity index (χ4n) is 2.95. The van der Waals surface area contributed by atoms with Gasteiger partial charge < -0.3 is 14.0 Å². The van der Waals surface area contributed by atoms with Crippen LogP contribution >= 0.6 is 11.9 Å². The molecule has 0 atom stereocenters. The van der Waals surface area contributed by atoms with Crippen LogP contribution in [0.25, 0.3) is 10.9 Å². The van der Waals surface area contributed by atoms with Crippen LogP contribution in [0.2, 0.25) is 0 Å². The van der Waals surface area contributed by atoms with Crippen molar-refractivity contribution in [3.05, 3.63) is 63.9 Å². The first kappa shape index (κ1) is 18.4. The van der Waals surface area contributed by atoms with E-state index < -0.39 is 0 Å². The second-order valence-corrected chi connectivity index (χ2v) is 7.58. The van der Waals surface area contributed by atoms with Crippen LogP contribution < -0.4 is 15.0 Å². The predicted molar refractivity (Wildman–Crippen MR) is 110 cm³/mol. The number of rotatable bonds is 5. The molecule has 3 rings (SSSR count). The van der Waals surface area contributed by atoms with Crippen LogP contribution in [0, 0.1) is 6.92 Å². The molecule has 0 aliphatic carbocycles. The Morgan fingerprint density at radius 3 is 2.58 bits per heavy atom. The fraction of sp³-hybridized carbons (Fsp3) is 0.286. The Labute approximate surface area is 158 Å². The standard InChI is InChI=1S/C21H24N2O2S/c1-13(2)15-6-9-20(19(12-15)25-5)26-22-17-7-8-18-16(11-17)10-14(3)21(24)23(18)4/h6-13,22H,1-5H3. The Bertz CT molecular complexity index is 1010. The van der Waals surface area contributed by atoms with E-state index in [9.17, 15) is 4.79 Å². The molecule has 0 aliphatic heterocycles. The van der Waals surface area contributed by atoms with Gasteiger partial charge in [-0.25, -0.2) is 0 Å². The molecular weight excluding hydrogens is 344 g/mol. The summed E-state index contributed by atoms with van der Waals surface area (Å²) >= 11 is 1.52. The number of pyridine rings is 1. The molecular formula is C21H24N2O2S. The Hall–Kier alpha value is -2.40. The highest BCUT2D eigenvalue weighted by Gasteiger charge is 2.09. The maximum Gasteiger partial charge on any atom is 0.253 e. The van der Waals surface area contributed by atoms with E-state index in [0.717, 1.165) is 32.8 Å². The first-order chi connectivity index (χ1) is 12.4. The minimum Gasteiger partial charge on any atom is -0.496 e. The molecule has 4 nitrogen and oxygen atoms in total. The van der Waals surface area contributed by atoms with Crippen molar-refractivity contribution in [2.45, 2.75) is 31.6 Å². The number of anilines is 1. The lowest BCUT2D eigenvalue weighted by Crippen LogP contribution is -2.19. The van der Waals surface area contributed by atoms with Crippen molar-refractivity contribution in [1.82, 2.24) is 4.57 Å². The molecule has 3 aromatic rings. The van der Waals surface area contributed by atoms with E-state index in [4.69, 9.17) is 4.74 Å². The highest BCUT2D eigenvalue weighted by molar-refractivity contribution is 8.00. The van der Waals surface area contributed by atoms with E-state index >= 15 is 0 Å². The zero-order valence-corrected chi connectivity index (χ0v) is 16.6. The largest absolute Gasteiger partial charge is 0.496 e. The van der Waals surface area contributed by atoms with Gasteiger partial charge in [-0.3, -0.25) is 4.79 Å². The molecule has 5 heteroatoms. The zero-order valence-electron chi connectivity index (χ0n) is 15.8. The molecule has 1 N–H and O–H groups in total. The Kier molecular flexibility index (Phi) is 5.28. The van der Waals surface area contributed by atoms with Crippen LogP contribution in [0.15, 0.2) is 52.2 Å². The van der Waals surface area contributed by atoms with Crippen LogP contribution in [0.5, 0.6) is 5.75 Å². The van der Waals surface area contributed by atoms with Gasteiger partial charge in [0.2, 0.25) is 0 Å². The number of hydrogen-bond donors (Lipinski definition) is 1. The molecule has 1 heterocycles. The minimum absolute atomic E-state index is 0.0440. The van der Waals surface area contributed by atoms with Gasteiger partial charge in [0, 0.05) is 23.7 Å². The Balaban J connectivity index is 1.86. The van der Waals surface area contributed by atoms with Crippen LogP contribution in [0.3, 0.4) is 0 Å². The van der Waals surface area contributed by atoms with Crippen molar-refractivity contribution in [3.8, 4) is 5.75 Å². The van der Waals surface area contributed by atoms with Gasteiger partial charge in [0.25, 0.3) is 5.56 Å². The maximum atomic E-state index is 12.1. The molecule has 1 aromatic heterocycles. The third-order valence-corrected chi connectivity index (χ3v) is 5.43. The number of hydrogen-bond acceptors (Lipinski definition) is 4. The van der Waals surface area contributed by atoms with Crippen molar-refractivity contribution in [2.24, 2.45) is 7.05 Å². The topological polar surface area (TPSA) is 43.3 Å². The highest BCUT2D eigenvalue weighted by Crippen LogP contribution is 2.33. The third-order valence-electron chi connectivity index (χ3n) is 4.54. The normalized spacial score (nSPS) is 11.2. The van der Waals surface area contributed by atoms with Crippen LogP contribution in [-0.4, -0.2) is 11.7 Å². The number of ether oxygens (including phenoxy) is 1. The maximum absolute atomic E-state index is 12.1. The van der Waals surface area contributed by atoms with E-state index in [0.29, 0.717) is 5.92 Å². The molecule has 136 valence electrons. The van der Waals surface area contributed by atoms with Gasteiger partial charge in [-0.05, 0) is 66.8 Å². The lowest BCUT2D eigenvalue weighted by atomic mass is 10.0. The van der Waals surface area contributed by atoms with Crippen molar-refractivity contribution < 1.29 is 4.74 Å². The number of nitrogens with zero attached hydrogens (tertiary/aromatic N) is 1. The average Bonchev–Trinajstić information content (AvgIpc) is 2.64. The average molecular weight is 369 g/mol. The third kappa shape index (κ3) is 3.58. The molecule has 0 aliphatic rings. The van der Waals surface area contributed by atoms with Gasteiger partial charge in [0.05, 0.1) is 17.5 Å². The summed E-state index contributed by atoms with van der Waals surface area (Å²) < 4.78 is 10.6. The summed E-state index contributed by atoms with van der Waals surface area (Å²) in [6, 6.07) is 14.3. The van der Waals surface area contributed by atoms with Gasteiger partial charge in [-0.1, -0.05) is 19.9 Å². The molecule has 0 fully saturated rings. The lowest BCUT2D eigenvalue weighted by Gasteiger charge is -2.14. The molecule has 0 saturated heterocycles. The number of fused-ring (bicyclic) bond motifs is 1. The van der Waals surface area contributed by atoms with Crippen LogP contribution in [-0.2, 0) is 7.05 Å². The lowest BCUT2D eigenvalue weighted by molar-refractivity contribution is 0.404. The number of aryl methyl sites for hydroxylation is 2. The summed E-state index contributed by atoms with van der Waals surface area (Å²) in [5.74, 6) is 1.33. The molecule has 2 aromatic carbocycles. The zero-order chi connectivity index (χ0) is 18.8. The highest BCUT2D eigenvalue weighted by atomic mass is 32.2. The smallest absolute Gasteiger partial charge is 0.253 e. The van der Waals surface area contributed by atoms with Crippen molar-refractivity contribution in [1.29, 1.82) is 0 Å². The molecule has 0 radical (unpaired) electrons. The SMILES string of the molecule is COc1cc(C(C)C)ccc1SNc1ccc2c(c1)cc(C)c(=O)n2C. The molecule has 0 unspecified atom stereocenters. The molecule has 0 spiro atoms. The van der Waals surface area contributed by atoms with Gasteiger partial charge in [-0.2, -0.15) is 0 Å². The van der Waals surface area contributed by atoms with Crippen molar-refractivity contribution in [3.63, 3.8) is 0 Å². The van der Waals surface area contributed by atoms with Crippen molar-refractivity contribution in [2.75, 3.05) is 11.8 Å². The quantitative estimate of drug-likeness (QED) is 0.637. The summed E-state index contributed by atoms with van der Waals surface area (Å²) in [6.07, 6.45) is 0. The number of methoxy groups -OCH3 is 1. The minimum atomic E-state index is 0.0440. The molecule has 26 heavy (non-hydrogen) atoms. The summed E-state index contributed by atoms with van der Waals surface area (Å²) in [4.78, 5) is 13.1. The van der Waals surface area contributed by atoms with Gasteiger partial charge >= 0.3 is 0 Å². The van der Waals surface area contributed by atoms with Crippen molar-refractivity contribution >= 4 is 28.5 Å². The first-order valence-electron chi connectivity index (χ1n) is 8.62. The van der Waals surface area contributed by atoms with Gasteiger partial charge in [-0.15, -0.1) is 0 Å². The first-order valence-corrected chi connectivity index (χ1v) is 9.43. The summed E-state index contributed by atoms with van der Waals surface area (Å²) in [7, 11) is 3.50. The molecule has 0 bridgehead atoms. The van der Waals surface area contributed by atoms with E-state index in [-0.39, 0.29) is 5.56 Å². The summed E-state index contributed by atoms with van der Waals surface area (Å²) in [5.41, 5.74) is 3.96. The molecule has 0 saturated carbocycles. The summed E-state index contributed by atoms with van der Waals surface area (Å²) in [5, 5.41) is 1.04. The van der Waals surface area contributed by atoms with Gasteiger partial charge in [0.15, 0.2) is 0 Å². The number of nitrogens with one attached hydrogen (secondary N) is 1. The Morgan fingerprint density at radius 2 is 1.88 bits per heavy atom. The van der Waals surface area contributed by atoms with E-state index in [1.807, 2.05) is 25.1 Å². The second kappa shape index (κ2) is 7.46. The van der Waals surface area contributed by atoms with E-state index in [1.54, 1.807) is 18.7 Å². The van der Waals surface area contributed by atoms with E-state index in [1.165, 1.54) is 17.5 Å². The number of aromatic nitrogens is 1. The Morgan fingerprint density at radius 1 is 1.12 bits per heavy atom. The van der Waals surface area contributed by atoms with Crippen LogP contribution in [0.1, 0.15) is 30.9 Å². The van der Waals surface area contributed by atoms with Crippen LogP contribution in [0.4, 0.5) is 5.69 Å². The van der Waals surface area contributed by atoms with E-state index in [2.05, 4.69) is 42.8 Å². The second-order valence-electron chi connectivity index (χ2n) is 6.73. The number of benzene rings is 2. The predicted octanol–water partition coefficient (Wildman–Crippen LogP) is 5.10.